The van der Waals surface area contributed by atoms with E-state index in [4.69, 9.17) is 4.74 Å². The van der Waals surface area contributed by atoms with Crippen molar-refractivity contribution in [2.75, 3.05) is 30.5 Å². The lowest BCUT2D eigenvalue weighted by Gasteiger charge is -2.26. The van der Waals surface area contributed by atoms with Crippen LogP contribution in [-0.4, -0.2) is 53.4 Å². The summed E-state index contributed by atoms with van der Waals surface area (Å²) in [6.07, 6.45) is 2.54. The van der Waals surface area contributed by atoms with Crippen LogP contribution in [0.3, 0.4) is 0 Å². The molecule has 1 aliphatic rings. The first-order valence-corrected chi connectivity index (χ1v) is 13.1. The van der Waals surface area contributed by atoms with E-state index >= 15 is 0 Å². The molecule has 0 saturated carbocycles. The quantitative estimate of drug-likeness (QED) is 0.534. The number of esters is 1. The van der Waals surface area contributed by atoms with Crippen molar-refractivity contribution in [3.63, 3.8) is 0 Å². The summed E-state index contributed by atoms with van der Waals surface area (Å²) in [6.45, 7) is 1.91. The van der Waals surface area contributed by atoms with Crippen LogP contribution in [0.15, 0.2) is 58.3 Å². The number of carbonyl (C=O) groups excluding carboxylic acids is 1. The molecule has 0 unspecified atom stereocenters. The number of ether oxygens (including phenoxy) is 1. The van der Waals surface area contributed by atoms with E-state index < -0.39 is 38.4 Å². The van der Waals surface area contributed by atoms with E-state index in [0.717, 1.165) is 35.7 Å². The number of hydrogen-bond donors (Lipinski definition) is 0. The van der Waals surface area contributed by atoms with Gasteiger partial charge in [0, 0.05) is 13.1 Å². The fourth-order valence-corrected chi connectivity index (χ4v) is 6.34. The zero-order chi connectivity index (χ0) is 23.4. The first-order valence-electron chi connectivity index (χ1n) is 10.2. The number of nitrogens with zero attached hydrogens (tertiary/aromatic N) is 2. The molecule has 0 N–H and O–H groups in total. The minimum atomic E-state index is -4.27. The number of benzene rings is 2. The standard InChI is InChI=1S/C21H25FN2O6S2/c1-2-30-21(25)16-24(18-8-6-17(22)7-9-18)32(28,29)20-12-10-19(11-13-20)31(26,27)23-14-4-3-5-15-23/h6-13H,2-5,14-16H2,1H3. The van der Waals surface area contributed by atoms with Gasteiger partial charge in [-0.25, -0.2) is 21.2 Å². The van der Waals surface area contributed by atoms with Gasteiger partial charge < -0.3 is 4.74 Å². The Morgan fingerprint density at radius 1 is 0.938 bits per heavy atom. The number of anilines is 1. The Hall–Kier alpha value is -2.50. The molecule has 1 heterocycles. The molecule has 0 aromatic heterocycles. The van der Waals surface area contributed by atoms with Crippen molar-refractivity contribution in [1.29, 1.82) is 0 Å². The molecular formula is C21H25FN2O6S2. The van der Waals surface area contributed by atoms with Crippen molar-refractivity contribution in [2.24, 2.45) is 0 Å². The summed E-state index contributed by atoms with van der Waals surface area (Å²) in [7, 11) is -7.98. The SMILES string of the molecule is CCOC(=O)CN(c1ccc(F)cc1)S(=O)(=O)c1ccc(S(=O)(=O)N2CCCCC2)cc1. The second kappa shape index (κ2) is 9.97. The van der Waals surface area contributed by atoms with Crippen molar-refractivity contribution in [3.05, 3.63) is 54.3 Å². The number of piperidine rings is 1. The first-order chi connectivity index (χ1) is 15.2. The third-order valence-electron chi connectivity index (χ3n) is 5.06. The summed E-state index contributed by atoms with van der Waals surface area (Å²) in [5.41, 5.74) is 0.0736. The Morgan fingerprint density at radius 3 is 2.06 bits per heavy atom. The summed E-state index contributed by atoms with van der Waals surface area (Å²) in [5, 5.41) is 0. The normalized spacial score (nSPS) is 15.3. The highest BCUT2D eigenvalue weighted by Gasteiger charge is 2.30. The van der Waals surface area contributed by atoms with Crippen LogP contribution in [0.5, 0.6) is 0 Å². The molecule has 3 rings (SSSR count). The average molecular weight is 485 g/mol. The Kier molecular flexibility index (Phi) is 7.52. The smallest absolute Gasteiger partial charge is 0.326 e. The van der Waals surface area contributed by atoms with E-state index in [1.54, 1.807) is 6.92 Å². The zero-order valence-electron chi connectivity index (χ0n) is 17.6. The fourth-order valence-electron chi connectivity index (χ4n) is 3.41. The molecule has 11 heteroatoms. The van der Waals surface area contributed by atoms with Gasteiger partial charge in [-0.05, 0) is 68.3 Å². The summed E-state index contributed by atoms with van der Waals surface area (Å²) >= 11 is 0. The maximum Gasteiger partial charge on any atom is 0.326 e. The highest BCUT2D eigenvalue weighted by atomic mass is 32.2. The topological polar surface area (TPSA) is 101 Å². The number of rotatable bonds is 8. The molecule has 0 amide bonds. The van der Waals surface area contributed by atoms with Gasteiger partial charge in [-0.3, -0.25) is 9.10 Å². The zero-order valence-corrected chi connectivity index (χ0v) is 19.2. The molecule has 1 saturated heterocycles. The monoisotopic (exact) mass is 484 g/mol. The van der Waals surface area contributed by atoms with Crippen LogP contribution in [0.2, 0.25) is 0 Å². The van der Waals surface area contributed by atoms with Crippen molar-refractivity contribution in [2.45, 2.75) is 36.0 Å². The molecule has 0 spiro atoms. The molecule has 0 aliphatic carbocycles. The second-order valence-corrected chi connectivity index (χ2v) is 11.0. The molecular weight excluding hydrogens is 459 g/mol. The first kappa shape index (κ1) is 24.1. The lowest BCUT2D eigenvalue weighted by atomic mass is 10.2. The number of hydrogen-bond acceptors (Lipinski definition) is 6. The number of sulfonamides is 2. The second-order valence-electron chi connectivity index (χ2n) is 7.23. The summed E-state index contributed by atoms with van der Waals surface area (Å²) in [5.74, 6) is -1.33. The summed E-state index contributed by atoms with van der Waals surface area (Å²) in [4.78, 5) is 11.8. The maximum atomic E-state index is 13.3. The van der Waals surface area contributed by atoms with Gasteiger partial charge in [0.1, 0.15) is 12.4 Å². The molecule has 32 heavy (non-hydrogen) atoms. The number of carbonyl (C=O) groups is 1. The van der Waals surface area contributed by atoms with Gasteiger partial charge in [0.25, 0.3) is 10.0 Å². The van der Waals surface area contributed by atoms with Crippen molar-refractivity contribution >= 4 is 31.7 Å². The average Bonchev–Trinajstić information content (AvgIpc) is 2.79. The van der Waals surface area contributed by atoms with Gasteiger partial charge in [0.05, 0.1) is 22.1 Å². The third-order valence-corrected chi connectivity index (χ3v) is 8.76. The van der Waals surface area contributed by atoms with Gasteiger partial charge >= 0.3 is 5.97 Å². The molecule has 174 valence electrons. The predicted octanol–water partition coefficient (Wildman–Crippen LogP) is 2.76. The molecule has 1 fully saturated rings. The van der Waals surface area contributed by atoms with Gasteiger partial charge in [-0.15, -0.1) is 0 Å². The molecule has 0 bridgehead atoms. The van der Waals surface area contributed by atoms with E-state index in [1.165, 1.54) is 40.7 Å². The molecule has 1 aliphatic heterocycles. The van der Waals surface area contributed by atoms with E-state index in [1.807, 2.05) is 0 Å². The van der Waals surface area contributed by atoms with Crippen molar-refractivity contribution in [3.8, 4) is 0 Å². The molecule has 0 radical (unpaired) electrons. The summed E-state index contributed by atoms with van der Waals surface area (Å²) in [6, 6.07) is 9.49. The van der Waals surface area contributed by atoms with E-state index in [2.05, 4.69) is 0 Å². The van der Waals surface area contributed by atoms with E-state index in [9.17, 15) is 26.0 Å². The van der Waals surface area contributed by atoms with Crippen LogP contribution in [0.25, 0.3) is 0 Å². The summed E-state index contributed by atoms with van der Waals surface area (Å²) < 4.78 is 72.6. The highest BCUT2D eigenvalue weighted by Crippen LogP contribution is 2.26. The fraction of sp³-hybridized carbons (Fsp3) is 0.381. The molecule has 8 nitrogen and oxygen atoms in total. The van der Waals surface area contributed by atoms with E-state index in [-0.39, 0.29) is 22.1 Å². The van der Waals surface area contributed by atoms with Gasteiger partial charge in [0.15, 0.2) is 0 Å². The Bertz CT molecular complexity index is 1140. The molecule has 0 atom stereocenters. The van der Waals surface area contributed by atoms with Gasteiger partial charge in [-0.1, -0.05) is 6.42 Å². The van der Waals surface area contributed by atoms with E-state index in [0.29, 0.717) is 13.1 Å². The van der Waals surface area contributed by atoms with Crippen LogP contribution in [0.4, 0.5) is 10.1 Å². The third kappa shape index (κ3) is 5.28. The Balaban J connectivity index is 1.93. The highest BCUT2D eigenvalue weighted by molar-refractivity contribution is 7.93. The molecule has 2 aromatic carbocycles. The van der Waals surface area contributed by atoms with Crippen LogP contribution in [0, 0.1) is 5.82 Å². The maximum absolute atomic E-state index is 13.3. The minimum Gasteiger partial charge on any atom is -0.465 e. The van der Waals surface area contributed by atoms with Crippen molar-refractivity contribution in [1.82, 2.24) is 4.31 Å². The Morgan fingerprint density at radius 2 is 1.50 bits per heavy atom. The lowest BCUT2D eigenvalue weighted by molar-refractivity contribution is -0.141. The van der Waals surface area contributed by atoms with Crippen LogP contribution in [-0.2, 0) is 29.6 Å². The number of halogens is 1. The van der Waals surface area contributed by atoms with Crippen molar-refractivity contribution < 1.29 is 30.8 Å². The van der Waals surface area contributed by atoms with Crippen LogP contribution >= 0.6 is 0 Å². The van der Waals surface area contributed by atoms with Crippen LogP contribution in [0.1, 0.15) is 26.2 Å². The Labute approximate surface area is 187 Å². The van der Waals surface area contributed by atoms with Crippen LogP contribution < -0.4 is 4.31 Å². The predicted molar refractivity (Wildman–Crippen MR) is 117 cm³/mol. The van der Waals surface area contributed by atoms with Gasteiger partial charge in [0.2, 0.25) is 10.0 Å². The largest absolute Gasteiger partial charge is 0.465 e. The lowest BCUT2D eigenvalue weighted by Crippen LogP contribution is -2.37. The van der Waals surface area contributed by atoms with Gasteiger partial charge in [-0.2, -0.15) is 4.31 Å². The minimum absolute atomic E-state index is 0.00271. The molecule has 2 aromatic rings.